The number of carbonyl (C=O) groups excluding carboxylic acids is 2. The highest BCUT2D eigenvalue weighted by molar-refractivity contribution is 6.02. The van der Waals surface area contributed by atoms with Crippen LogP contribution in [0.4, 0.5) is 20.6 Å². The van der Waals surface area contributed by atoms with Crippen molar-refractivity contribution in [2.45, 2.75) is 64.8 Å². The van der Waals surface area contributed by atoms with E-state index >= 15 is 0 Å². The second kappa shape index (κ2) is 17.1. The maximum Gasteiger partial charge on any atom is 0.323 e. The van der Waals surface area contributed by atoms with E-state index in [9.17, 15) is 19.1 Å². The zero-order chi connectivity index (χ0) is 33.1. The summed E-state index contributed by atoms with van der Waals surface area (Å²) in [7, 11) is 2.07. The van der Waals surface area contributed by atoms with Gasteiger partial charge in [-0.15, -0.1) is 0 Å². The summed E-state index contributed by atoms with van der Waals surface area (Å²) in [6, 6.07) is 19.7. The summed E-state index contributed by atoms with van der Waals surface area (Å²) in [5, 5.41) is 15.6. The minimum absolute atomic E-state index is 0.0507. The number of nitrogens with zero attached hydrogens (tertiary/aromatic N) is 2. The number of amides is 3. The van der Waals surface area contributed by atoms with E-state index < -0.39 is 17.9 Å². The van der Waals surface area contributed by atoms with Crippen molar-refractivity contribution in [1.82, 2.24) is 9.80 Å². The summed E-state index contributed by atoms with van der Waals surface area (Å²) in [5.41, 5.74) is 2.31. The fourth-order valence-electron chi connectivity index (χ4n) is 5.56. The van der Waals surface area contributed by atoms with Gasteiger partial charge in [0.25, 0.3) is 5.91 Å². The molecule has 0 radical (unpaired) electrons. The Labute approximate surface area is 271 Å². The maximum absolute atomic E-state index is 14.3. The largest absolute Gasteiger partial charge is 0.490 e. The number of benzene rings is 3. The van der Waals surface area contributed by atoms with Crippen molar-refractivity contribution in [2.24, 2.45) is 5.92 Å². The Morgan fingerprint density at radius 3 is 2.46 bits per heavy atom. The van der Waals surface area contributed by atoms with Gasteiger partial charge in [-0.25, -0.2) is 9.18 Å². The number of rotatable bonds is 8. The Balaban J connectivity index is 1.58. The number of hydrogen-bond donors (Lipinski definition) is 3. The molecule has 1 aliphatic heterocycles. The number of fused-ring (bicyclic) bond motifs is 1. The summed E-state index contributed by atoms with van der Waals surface area (Å²) in [5.74, 6) is -0.355. The van der Waals surface area contributed by atoms with E-state index in [0.717, 1.165) is 25.8 Å². The first-order valence-electron chi connectivity index (χ1n) is 16.0. The fourth-order valence-corrected chi connectivity index (χ4v) is 5.56. The quantitative estimate of drug-likeness (QED) is 0.265. The molecule has 9 nitrogen and oxygen atoms in total. The van der Waals surface area contributed by atoms with Gasteiger partial charge in [0, 0.05) is 43.5 Å². The number of aliphatic hydroxyl groups is 1. The van der Waals surface area contributed by atoms with Crippen LogP contribution in [0.5, 0.6) is 5.75 Å². The maximum atomic E-state index is 14.3. The van der Waals surface area contributed by atoms with E-state index in [4.69, 9.17) is 9.47 Å². The summed E-state index contributed by atoms with van der Waals surface area (Å²) >= 11 is 0. The lowest BCUT2D eigenvalue weighted by atomic mass is 10.0. The lowest BCUT2D eigenvalue weighted by Gasteiger charge is -2.36. The zero-order valence-electron chi connectivity index (χ0n) is 27.2. The van der Waals surface area contributed by atoms with Crippen LogP contribution in [0.3, 0.4) is 0 Å². The van der Waals surface area contributed by atoms with Crippen LogP contribution in [0, 0.1) is 11.7 Å². The predicted octanol–water partition coefficient (Wildman–Crippen LogP) is 6.40. The summed E-state index contributed by atoms with van der Waals surface area (Å²) < 4.78 is 26.0. The average Bonchev–Trinajstić information content (AvgIpc) is 3.04. The third-order valence-corrected chi connectivity index (χ3v) is 8.20. The Kier molecular flexibility index (Phi) is 12.9. The standard InChI is InChI=1S/C36H47FN4O5/c1-25-21-41(26(2)24-42)35(43)32-20-31(39-36(44)38-30-15-13-29(37)14-16-30)17-18-33(32)46-27(3)10-8-9-19-45-34(25)23-40(4)22-28-11-6-5-7-12-28/h5-7,11-18,20,25-27,34,42H,8-10,19,21-24H2,1-4H3,(H2,38,39,44)/t25-,26+,27+,34+/m1/s1. The van der Waals surface area contributed by atoms with Gasteiger partial charge < -0.3 is 30.1 Å². The predicted molar refractivity (Wildman–Crippen MR) is 179 cm³/mol. The van der Waals surface area contributed by atoms with Crippen molar-refractivity contribution in [1.29, 1.82) is 0 Å². The minimum Gasteiger partial charge on any atom is -0.490 e. The molecular weight excluding hydrogens is 587 g/mol. The smallest absolute Gasteiger partial charge is 0.323 e. The van der Waals surface area contributed by atoms with Gasteiger partial charge in [-0.3, -0.25) is 9.69 Å². The minimum atomic E-state index is -0.539. The van der Waals surface area contributed by atoms with Crippen molar-refractivity contribution in [2.75, 3.05) is 44.0 Å². The molecule has 248 valence electrons. The van der Waals surface area contributed by atoms with Crippen LogP contribution >= 0.6 is 0 Å². The molecule has 1 aliphatic rings. The van der Waals surface area contributed by atoms with Gasteiger partial charge in [0.2, 0.25) is 0 Å². The topological polar surface area (TPSA) is 103 Å². The first-order chi connectivity index (χ1) is 22.1. The molecular formula is C36H47FN4O5. The fraction of sp³-hybridized carbons (Fsp3) is 0.444. The molecule has 0 spiro atoms. The van der Waals surface area contributed by atoms with Crippen molar-refractivity contribution in [3.8, 4) is 5.75 Å². The van der Waals surface area contributed by atoms with Crippen molar-refractivity contribution >= 4 is 23.3 Å². The molecule has 3 aromatic carbocycles. The number of carbonyl (C=O) groups is 2. The molecule has 10 heteroatoms. The normalized spacial score (nSPS) is 20.3. The van der Waals surface area contributed by atoms with E-state index in [2.05, 4.69) is 41.6 Å². The number of nitrogens with one attached hydrogen (secondary N) is 2. The van der Waals surface area contributed by atoms with Crippen LogP contribution in [-0.4, -0.2) is 78.4 Å². The Bertz CT molecular complexity index is 1410. The second-order valence-corrected chi connectivity index (χ2v) is 12.3. The van der Waals surface area contributed by atoms with Crippen LogP contribution < -0.4 is 15.4 Å². The molecule has 3 aromatic rings. The summed E-state index contributed by atoms with van der Waals surface area (Å²) in [6.45, 7) is 8.05. The van der Waals surface area contributed by atoms with Gasteiger partial charge in [-0.2, -0.15) is 0 Å². The number of hydrogen-bond acceptors (Lipinski definition) is 6. The van der Waals surface area contributed by atoms with E-state index in [1.54, 1.807) is 23.1 Å². The molecule has 0 saturated heterocycles. The van der Waals surface area contributed by atoms with Gasteiger partial charge in [-0.1, -0.05) is 37.3 Å². The van der Waals surface area contributed by atoms with Gasteiger partial charge in [0.15, 0.2) is 0 Å². The van der Waals surface area contributed by atoms with Gasteiger partial charge >= 0.3 is 6.03 Å². The molecule has 1 heterocycles. The highest BCUT2D eigenvalue weighted by atomic mass is 19.1. The monoisotopic (exact) mass is 634 g/mol. The van der Waals surface area contributed by atoms with E-state index in [-0.39, 0.29) is 36.2 Å². The second-order valence-electron chi connectivity index (χ2n) is 12.3. The molecule has 0 fully saturated rings. The van der Waals surface area contributed by atoms with Crippen LogP contribution in [0.25, 0.3) is 0 Å². The first kappa shape index (κ1) is 34.9. The van der Waals surface area contributed by atoms with Gasteiger partial charge in [-0.05, 0) is 88.2 Å². The number of ether oxygens (including phenoxy) is 2. The average molecular weight is 635 g/mol. The molecule has 4 atom stereocenters. The zero-order valence-corrected chi connectivity index (χ0v) is 27.2. The molecule has 3 N–H and O–H groups in total. The molecule has 0 unspecified atom stereocenters. The molecule has 3 amide bonds. The molecule has 0 saturated carbocycles. The van der Waals surface area contributed by atoms with E-state index in [1.165, 1.54) is 29.8 Å². The Morgan fingerprint density at radius 2 is 1.74 bits per heavy atom. The van der Waals surface area contributed by atoms with E-state index in [0.29, 0.717) is 36.8 Å². The number of anilines is 2. The van der Waals surface area contributed by atoms with Crippen molar-refractivity contribution in [3.05, 3.63) is 89.7 Å². The van der Waals surface area contributed by atoms with E-state index in [1.807, 2.05) is 32.0 Å². The third kappa shape index (κ3) is 10.3. The van der Waals surface area contributed by atoms with Crippen LogP contribution in [0.1, 0.15) is 56.0 Å². The lowest BCUT2D eigenvalue weighted by Crippen LogP contribution is -2.47. The highest BCUT2D eigenvalue weighted by Crippen LogP contribution is 2.29. The summed E-state index contributed by atoms with van der Waals surface area (Å²) in [4.78, 5) is 31.0. The number of urea groups is 1. The molecule has 46 heavy (non-hydrogen) atoms. The number of halogens is 1. The SMILES string of the molecule is C[C@@H]1CN([C@@H](C)CO)C(=O)c2cc(NC(=O)Nc3ccc(F)cc3)ccc2O[C@@H](C)CCCCO[C@H]1CN(C)Cc1ccccc1. The summed E-state index contributed by atoms with van der Waals surface area (Å²) in [6.07, 6.45) is 2.26. The lowest BCUT2D eigenvalue weighted by molar-refractivity contribution is -0.0177. The van der Waals surface area contributed by atoms with Crippen molar-refractivity contribution < 1.29 is 28.6 Å². The number of likely N-dealkylation sites (N-methyl/N-ethyl adjacent to an activating group) is 1. The highest BCUT2D eigenvalue weighted by Gasteiger charge is 2.30. The van der Waals surface area contributed by atoms with Crippen LogP contribution in [0.2, 0.25) is 0 Å². The van der Waals surface area contributed by atoms with Gasteiger partial charge in [0.05, 0.1) is 30.4 Å². The molecule has 0 aliphatic carbocycles. The number of aliphatic hydroxyl groups excluding tert-OH is 1. The molecule has 0 bridgehead atoms. The van der Waals surface area contributed by atoms with Crippen molar-refractivity contribution in [3.63, 3.8) is 0 Å². The third-order valence-electron chi connectivity index (χ3n) is 8.20. The Morgan fingerprint density at radius 1 is 1.04 bits per heavy atom. The molecule has 0 aromatic heterocycles. The van der Waals surface area contributed by atoms with Gasteiger partial charge in [0.1, 0.15) is 11.6 Å². The Hall–Kier alpha value is -3.99. The van der Waals surface area contributed by atoms with Crippen LogP contribution in [-0.2, 0) is 11.3 Å². The van der Waals surface area contributed by atoms with Crippen LogP contribution in [0.15, 0.2) is 72.8 Å². The first-order valence-corrected chi connectivity index (χ1v) is 16.0. The molecule has 4 rings (SSSR count).